The van der Waals surface area contributed by atoms with Gasteiger partial charge in [0.2, 0.25) is 0 Å². The van der Waals surface area contributed by atoms with Crippen molar-refractivity contribution in [1.29, 1.82) is 0 Å². The van der Waals surface area contributed by atoms with E-state index in [2.05, 4.69) is 4.74 Å². The smallest absolute Gasteiger partial charge is 0.497 e. The first-order chi connectivity index (χ1) is 11.6. The van der Waals surface area contributed by atoms with E-state index in [0.29, 0.717) is 11.3 Å². The number of alkyl halides is 5. The van der Waals surface area contributed by atoms with E-state index in [1.54, 1.807) is 19.2 Å². The highest BCUT2D eigenvalue weighted by atomic mass is 35.5. The summed E-state index contributed by atoms with van der Waals surface area (Å²) >= 11 is 18.7. The van der Waals surface area contributed by atoms with Crippen LogP contribution < -0.4 is 9.47 Å². The molecule has 1 aliphatic carbocycles. The molecule has 1 fully saturated rings. The van der Waals surface area contributed by atoms with E-state index in [9.17, 15) is 13.2 Å². The van der Waals surface area contributed by atoms with Gasteiger partial charge in [0.1, 0.15) is 15.8 Å². The van der Waals surface area contributed by atoms with Crippen LogP contribution in [0.4, 0.5) is 13.2 Å². The zero-order valence-electron chi connectivity index (χ0n) is 12.8. The topological polar surface area (TPSA) is 18.5 Å². The molecule has 0 aromatic heterocycles. The van der Waals surface area contributed by atoms with Crippen LogP contribution in [0.1, 0.15) is 23.0 Å². The Morgan fingerprint density at radius 1 is 0.960 bits per heavy atom. The van der Waals surface area contributed by atoms with Crippen LogP contribution in [0, 0.1) is 0 Å². The quantitative estimate of drug-likeness (QED) is 0.550. The van der Waals surface area contributed by atoms with Crippen LogP contribution >= 0.6 is 34.8 Å². The monoisotopic (exact) mass is 410 g/mol. The van der Waals surface area contributed by atoms with Crippen molar-refractivity contribution in [2.24, 2.45) is 0 Å². The molecule has 0 heterocycles. The highest BCUT2D eigenvalue weighted by Gasteiger charge is 2.64. The molecule has 2 atom stereocenters. The van der Waals surface area contributed by atoms with Gasteiger partial charge in [-0.3, -0.25) is 0 Å². The first-order valence-electron chi connectivity index (χ1n) is 7.20. The molecule has 1 aliphatic rings. The molecule has 0 aliphatic heterocycles. The maximum Gasteiger partial charge on any atom is 0.573 e. The fraction of sp³-hybridized carbons (Fsp3) is 0.294. The lowest BCUT2D eigenvalue weighted by atomic mass is 10.0. The van der Waals surface area contributed by atoms with Gasteiger partial charge in [-0.15, -0.1) is 36.4 Å². The standard InChI is InChI=1S/C17H12Cl3F3O2/c1-24-11-5-2-9(3-6-11)14-15(16(14,19)20)10-4-7-13(12(18)8-10)25-17(21,22)23/h2-8,14-15H,1H3/t14-,15-/m0/s1. The van der Waals surface area contributed by atoms with Crippen LogP contribution in [-0.2, 0) is 0 Å². The fourth-order valence-corrected chi connectivity index (χ4v) is 3.99. The lowest BCUT2D eigenvalue weighted by Crippen LogP contribution is -2.17. The van der Waals surface area contributed by atoms with Crippen LogP contribution in [-0.4, -0.2) is 17.8 Å². The SMILES string of the molecule is COc1ccc([C@H]2[C@H](c3ccc(OC(F)(F)F)c(Cl)c3)C2(Cl)Cl)cc1. The second kappa shape index (κ2) is 6.45. The van der Waals surface area contributed by atoms with Crippen molar-refractivity contribution < 1.29 is 22.6 Å². The predicted molar refractivity (Wildman–Crippen MR) is 91.0 cm³/mol. The number of benzene rings is 2. The van der Waals surface area contributed by atoms with Crippen LogP contribution in [0.5, 0.6) is 11.5 Å². The molecule has 0 amide bonds. The maximum absolute atomic E-state index is 12.3. The molecule has 0 saturated heterocycles. The van der Waals surface area contributed by atoms with E-state index in [0.717, 1.165) is 5.56 Å². The second-order valence-corrected chi connectivity index (χ2v) is 7.49. The Bertz CT molecular complexity index is 776. The summed E-state index contributed by atoms with van der Waals surface area (Å²) in [5.74, 6) is -0.254. The lowest BCUT2D eigenvalue weighted by molar-refractivity contribution is -0.274. The normalized spacial score (nSPS) is 21.7. The summed E-state index contributed by atoms with van der Waals surface area (Å²) in [6, 6.07) is 11.3. The van der Waals surface area contributed by atoms with Crippen molar-refractivity contribution in [3.8, 4) is 11.5 Å². The van der Waals surface area contributed by atoms with Gasteiger partial charge in [0.15, 0.2) is 0 Å². The third kappa shape index (κ3) is 3.78. The Kier molecular flexibility index (Phi) is 4.77. The Balaban J connectivity index is 1.85. The van der Waals surface area contributed by atoms with Gasteiger partial charge in [0, 0.05) is 11.8 Å². The molecule has 0 N–H and O–H groups in total. The average Bonchev–Trinajstić information content (AvgIpc) is 3.10. The zero-order valence-corrected chi connectivity index (χ0v) is 15.0. The minimum Gasteiger partial charge on any atom is -0.497 e. The number of ether oxygens (including phenoxy) is 2. The first-order valence-corrected chi connectivity index (χ1v) is 8.34. The van der Waals surface area contributed by atoms with Gasteiger partial charge < -0.3 is 9.47 Å². The average molecular weight is 412 g/mol. The van der Waals surface area contributed by atoms with E-state index >= 15 is 0 Å². The van der Waals surface area contributed by atoms with Crippen molar-refractivity contribution in [3.63, 3.8) is 0 Å². The number of halogens is 6. The van der Waals surface area contributed by atoms with Gasteiger partial charge in [0.05, 0.1) is 12.1 Å². The molecule has 25 heavy (non-hydrogen) atoms. The summed E-state index contributed by atoms with van der Waals surface area (Å²) in [5, 5.41) is -0.153. The van der Waals surface area contributed by atoms with Crippen molar-refractivity contribution in [2.45, 2.75) is 22.5 Å². The molecule has 1 saturated carbocycles. The van der Waals surface area contributed by atoms with Gasteiger partial charge in [-0.1, -0.05) is 29.8 Å². The number of methoxy groups -OCH3 is 1. The molecule has 3 rings (SSSR count). The van der Waals surface area contributed by atoms with Crippen molar-refractivity contribution >= 4 is 34.8 Å². The molecule has 2 aromatic rings. The molecule has 134 valence electrons. The van der Waals surface area contributed by atoms with E-state index in [-0.39, 0.29) is 16.9 Å². The van der Waals surface area contributed by atoms with Crippen molar-refractivity contribution in [3.05, 3.63) is 58.6 Å². The fourth-order valence-electron chi connectivity index (χ4n) is 2.89. The van der Waals surface area contributed by atoms with Crippen LogP contribution in [0.3, 0.4) is 0 Å². The van der Waals surface area contributed by atoms with E-state index in [1.165, 1.54) is 18.2 Å². The molecule has 8 heteroatoms. The Labute approximate surface area is 157 Å². The molecule has 0 spiro atoms. The second-order valence-electron chi connectivity index (χ2n) is 5.64. The molecular formula is C17H12Cl3F3O2. The van der Waals surface area contributed by atoms with E-state index < -0.39 is 16.4 Å². The summed E-state index contributed by atoms with van der Waals surface area (Å²) in [6.45, 7) is 0. The van der Waals surface area contributed by atoms with Crippen LogP contribution in [0.25, 0.3) is 0 Å². The largest absolute Gasteiger partial charge is 0.573 e. The van der Waals surface area contributed by atoms with Gasteiger partial charge in [-0.25, -0.2) is 0 Å². The van der Waals surface area contributed by atoms with E-state index in [1.807, 2.05) is 12.1 Å². The molecule has 0 bridgehead atoms. The number of hydrogen-bond acceptors (Lipinski definition) is 2. The molecule has 2 nitrogen and oxygen atoms in total. The van der Waals surface area contributed by atoms with Gasteiger partial charge in [-0.2, -0.15) is 0 Å². The molecule has 0 radical (unpaired) electrons. The van der Waals surface area contributed by atoms with Gasteiger partial charge in [0.25, 0.3) is 0 Å². The van der Waals surface area contributed by atoms with Gasteiger partial charge in [-0.05, 0) is 35.4 Å². The number of rotatable bonds is 4. The van der Waals surface area contributed by atoms with E-state index in [4.69, 9.17) is 39.5 Å². The Hall–Kier alpha value is -1.30. The molecule has 0 unspecified atom stereocenters. The molecule has 2 aromatic carbocycles. The number of hydrogen-bond donors (Lipinski definition) is 0. The maximum atomic E-state index is 12.3. The summed E-state index contributed by atoms with van der Waals surface area (Å²) in [7, 11) is 1.56. The van der Waals surface area contributed by atoms with Crippen LogP contribution in [0.15, 0.2) is 42.5 Å². The van der Waals surface area contributed by atoms with Gasteiger partial charge >= 0.3 is 6.36 Å². The third-order valence-electron chi connectivity index (χ3n) is 4.07. The zero-order chi connectivity index (χ0) is 18.4. The molecular weight excluding hydrogens is 400 g/mol. The Morgan fingerprint density at radius 3 is 2.04 bits per heavy atom. The third-order valence-corrected chi connectivity index (χ3v) is 5.30. The summed E-state index contributed by atoms with van der Waals surface area (Å²) < 4.78 is 44.9. The van der Waals surface area contributed by atoms with Crippen molar-refractivity contribution in [1.82, 2.24) is 0 Å². The van der Waals surface area contributed by atoms with Crippen LogP contribution in [0.2, 0.25) is 5.02 Å². The minimum absolute atomic E-state index is 0.153. The summed E-state index contributed by atoms with van der Waals surface area (Å²) in [6.07, 6.45) is -4.81. The highest BCUT2D eigenvalue weighted by Crippen LogP contribution is 2.70. The predicted octanol–water partition coefficient (Wildman–Crippen LogP) is 6.30. The Morgan fingerprint density at radius 2 is 1.52 bits per heavy atom. The van der Waals surface area contributed by atoms with Crippen molar-refractivity contribution in [2.75, 3.05) is 7.11 Å². The minimum atomic E-state index is -4.81. The highest BCUT2D eigenvalue weighted by molar-refractivity contribution is 6.52. The lowest BCUT2D eigenvalue weighted by Gasteiger charge is -2.11. The first kappa shape index (κ1) is 18.5. The summed E-state index contributed by atoms with van der Waals surface area (Å²) in [5.41, 5.74) is 1.55. The summed E-state index contributed by atoms with van der Waals surface area (Å²) in [4.78, 5) is 0.